The minimum atomic E-state index is 0.608. The van der Waals surface area contributed by atoms with Crippen molar-refractivity contribution in [2.75, 3.05) is 20.1 Å². The Morgan fingerprint density at radius 3 is 3.15 bits per heavy atom. The van der Waals surface area contributed by atoms with Gasteiger partial charge >= 0.3 is 0 Å². The molecule has 13 heavy (non-hydrogen) atoms. The second-order valence-corrected chi connectivity index (χ2v) is 4.89. The first-order valence-corrected chi connectivity index (χ1v) is 5.81. The summed E-state index contributed by atoms with van der Waals surface area (Å²) in [5.74, 6) is 0.608. The molecule has 0 bridgehead atoms. The SMILES string of the molecule is CN1CCCC(c2nc(Cl)cs2)C1. The lowest BCUT2D eigenvalue weighted by molar-refractivity contribution is 0.250. The van der Waals surface area contributed by atoms with Crippen LogP contribution in [0.5, 0.6) is 0 Å². The van der Waals surface area contributed by atoms with Gasteiger partial charge in [0.1, 0.15) is 5.15 Å². The maximum Gasteiger partial charge on any atom is 0.140 e. The Labute approximate surface area is 87.5 Å². The average Bonchev–Trinajstić information content (AvgIpc) is 2.52. The maximum absolute atomic E-state index is 5.80. The van der Waals surface area contributed by atoms with Gasteiger partial charge < -0.3 is 4.90 Å². The number of hydrogen-bond acceptors (Lipinski definition) is 3. The quantitative estimate of drug-likeness (QED) is 0.718. The van der Waals surface area contributed by atoms with E-state index in [4.69, 9.17) is 11.6 Å². The summed E-state index contributed by atoms with van der Waals surface area (Å²) in [5.41, 5.74) is 0. The standard InChI is InChI=1S/C9H13ClN2S/c1-12-4-2-3-7(5-12)9-11-8(10)6-13-9/h6-7H,2-5H2,1H3. The van der Waals surface area contributed by atoms with Crippen molar-refractivity contribution in [3.8, 4) is 0 Å². The zero-order valence-corrected chi connectivity index (χ0v) is 9.24. The van der Waals surface area contributed by atoms with Crippen molar-refractivity contribution in [3.05, 3.63) is 15.5 Å². The van der Waals surface area contributed by atoms with Gasteiger partial charge in [0.25, 0.3) is 0 Å². The van der Waals surface area contributed by atoms with Crippen LogP contribution in [-0.2, 0) is 0 Å². The molecule has 1 fully saturated rings. The van der Waals surface area contributed by atoms with E-state index in [1.54, 1.807) is 11.3 Å². The zero-order chi connectivity index (χ0) is 9.26. The van der Waals surface area contributed by atoms with E-state index in [0.717, 1.165) is 6.54 Å². The second-order valence-electron chi connectivity index (χ2n) is 3.61. The molecule has 0 saturated carbocycles. The highest BCUT2D eigenvalue weighted by Crippen LogP contribution is 2.29. The van der Waals surface area contributed by atoms with Crippen LogP contribution in [0.15, 0.2) is 5.38 Å². The van der Waals surface area contributed by atoms with Crippen molar-refractivity contribution in [1.82, 2.24) is 9.88 Å². The maximum atomic E-state index is 5.80. The zero-order valence-electron chi connectivity index (χ0n) is 7.66. The normalized spacial score (nSPS) is 24.9. The van der Waals surface area contributed by atoms with Crippen LogP contribution in [0, 0.1) is 0 Å². The van der Waals surface area contributed by atoms with Gasteiger partial charge in [-0.25, -0.2) is 4.98 Å². The number of hydrogen-bond donors (Lipinski definition) is 0. The molecule has 0 aliphatic carbocycles. The third kappa shape index (κ3) is 2.22. The Balaban J connectivity index is 2.08. The van der Waals surface area contributed by atoms with E-state index < -0.39 is 0 Å². The van der Waals surface area contributed by atoms with Gasteiger partial charge in [0, 0.05) is 17.8 Å². The molecule has 1 aliphatic heterocycles. The molecule has 0 spiro atoms. The fourth-order valence-corrected chi connectivity index (χ4v) is 2.90. The molecule has 0 radical (unpaired) electrons. The number of nitrogens with zero attached hydrogens (tertiary/aromatic N) is 2. The average molecular weight is 217 g/mol. The van der Waals surface area contributed by atoms with Gasteiger partial charge in [-0.05, 0) is 26.4 Å². The third-order valence-electron chi connectivity index (χ3n) is 2.47. The van der Waals surface area contributed by atoms with Crippen molar-refractivity contribution in [1.29, 1.82) is 0 Å². The van der Waals surface area contributed by atoms with Gasteiger partial charge in [-0.1, -0.05) is 11.6 Å². The summed E-state index contributed by atoms with van der Waals surface area (Å²) in [7, 11) is 2.17. The molecule has 4 heteroatoms. The van der Waals surface area contributed by atoms with Crippen LogP contribution in [0.25, 0.3) is 0 Å². The molecular weight excluding hydrogens is 204 g/mol. The van der Waals surface area contributed by atoms with Crippen molar-refractivity contribution >= 4 is 22.9 Å². The molecule has 2 rings (SSSR count). The van der Waals surface area contributed by atoms with Crippen LogP contribution in [0.4, 0.5) is 0 Å². The lowest BCUT2D eigenvalue weighted by atomic mass is 9.99. The van der Waals surface area contributed by atoms with E-state index in [0.29, 0.717) is 11.1 Å². The molecule has 2 heterocycles. The summed E-state index contributed by atoms with van der Waals surface area (Å²) in [4.78, 5) is 6.69. The largest absolute Gasteiger partial charge is 0.306 e. The number of piperidine rings is 1. The molecule has 1 aromatic heterocycles. The lowest BCUT2D eigenvalue weighted by Crippen LogP contribution is -2.30. The van der Waals surface area contributed by atoms with E-state index in [-0.39, 0.29) is 0 Å². The van der Waals surface area contributed by atoms with Crippen LogP contribution in [0.3, 0.4) is 0 Å². The summed E-state index contributed by atoms with van der Waals surface area (Å²) in [5, 5.41) is 3.77. The minimum absolute atomic E-state index is 0.608. The van der Waals surface area contributed by atoms with Crippen LogP contribution in [0.1, 0.15) is 23.8 Å². The van der Waals surface area contributed by atoms with Crippen LogP contribution in [-0.4, -0.2) is 30.0 Å². The molecule has 1 aromatic rings. The highest BCUT2D eigenvalue weighted by atomic mass is 35.5. The number of rotatable bonds is 1. The van der Waals surface area contributed by atoms with E-state index in [2.05, 4.69) is 16.9 Å². The monoisotopic (exact) mass is 216 g/mol. The summed E-state index contributed by atoms with van der Waals surface area (Å²) in [6.45, 7) is 2.35. The smallest absolute Gasteiger partial charge is 0.140 e. The first-order valence-electron chi connectivity index (χ1n) is 4.55. The van der Waals surface area contributed by atoms with Gasteiger partial charge in [0.2, 0.25) is 0 Å². The fourth-order valence-electron chi connectivity index (χ4n) is 1.82. The number of aromatic nitrogens is 1. The number of likely N-dealkylation sites (tertiary alicyclic amines) is 1. The van der Waals surface area contributed by atoms with E-state index in [1.807, 2.05) is 5.38 Å². The van der Waals surface area contributed by atoms with Crippen LogP contribution >= 0.6 is 22.9 Å². The second kappa shape index (κ2) is 3.95. The van der Waals surface area contributed by atoms with Crippen LogP contribution < -0.4 is 0 Å². The molecule has 0 N–H and O–H groups in total. The first-order chi connectivity index (χ1) is 6.25. The Morgan fingerprint density at radius 1 is 1.69 bits per heavy atom. The van der Waals surface area contributed by atoms with Crippen molar-refractivity contribution < 1.29 is 0 Å². The molecule has 1 atom stereocenters. The number of thiazole rings is 1. The Kier molecular flexibility index (Phi) is 2.86. The number of likely N-dealkylation sites (N-methyl/N-ethyl adjacent to an activating group) is 1. The molecule has 0 amide bonds. The summed E-state index contributed by atoms with van der Waals surface area (Å²) >= 11 is 7.49. The lowest BCUT2D eigenvalue weighted by Gasteiger charge is -2.28. The Bertz CT molecular complexity index is 287. The molecule has 1 aliphatic rings. The third-order valence-corrected chi connectivity index (χ3v) is 3.80. The summed E-state index contributed by atoms with van der Waals surface area (Å²) < 4.78 is 0. The highest BCUT2D eigenvalue weighted by molar-refractivity contribution is 7.10. The van der Waals surface area contributed by atoms with Gasteiger partial charge in [-0.3, -0.25) is 0 Å². The Morgan fingerprint density at radius 2 is 2.54 bits per heavy atom. The number of halogens is 1. The molecule has 1 unspecified atom stereocenters. The molecule has 72 valence electrons. The highest BCUT2D eigenvalue weighted by Gasteiger charge is 2.21. The van der Waals surface area contributed by atoms with Crippen molar-refractivity contribution in [2.24, 2.45) is 0 Å². The first kappa shape index (κ1) is 9.44. The van der Waals surface area contributed by atoms with Gasteiger partial charge in [-0.15, -0.1) is 11.3 Å². The Hall–Kier alpha value is -0.120. The minimum Gasteiger partial charge on any atom is -0.306 e. The van der Waals surface area contributed by atoms with Gasteiger partial charge in [0.05, 0.1) is 5.01 Å². The summed E-state index contributed by atoms with van der Waals surface area (Å²) in [6.07, 6.45) is 2.53. The predicted octanol–water partition coefficient (Wildman–Crippen LogP) is 2.61. The van der Waals surface area contributed by atoms with Crippen molar-refractivity contribution in [3.63, 3.8) is 0 Å². The molecule has 0 aromatic carbocycles. The molecule has 2 nitrogen and oxygen atoms in total. The van der Waals surface area contributed by atoms with E-state index >= 15 is 0 Å². The van der Waals surface area contributed by atoms with E-state index in [1.165, 1.54) is 24.4 Å². The van der Waals surface area contributed by atoms with Gasteiger partial charge in [0.15, 0.2) is 0 Å². The molecular formula is C9H13ClN2S. The summed E-state index contributed by atoms with van der Waals surface area (Å²) in [6, 6.07) is 0. The van der Waals surface area contributed by atoms with Crippen LogP contribution in [0.2, 0.25) is 5.15 Å². The molecule has 1 saturated heterocycles. The topological polar surface area (TPSA) is 16.1 Å². The van der Waals surface area contributed by atoms with Gasteiger partial charge in [-0.2, -0.15) is 0 Å². The van der Waals surface area contributed by atoms with E-state index in [9.17, 15) is 0 Å². The fraction of sp³-hybridized carbons (Fsp3) is 0.667. The predicted molar refractivity (Wildman–Crippen MR) is 56.6 cm³/mol. The van der Waals surface area contributed by atoms with Crippen molar-refractivity contribution in [2.45, 2.75) is 18.8 Å².